The van der Waals surface area contributed by atoms with Gasteiger partial charge in [-0.2, -0.15) is 0 Å². The summed E-state index contributed by atoms with van der Waals surface area (Å²) < 4.78 is 0.885. The van der Waals surface area contributed by atoms with Gasteiger partial charge in [0.2, 0.25) is 0 Å². The van der Waals surface area contributed by atoms with Crippen molar-refractivity contribution < 1.29 is 9.63 Å². The third-order valence-corrected chi connectivity index (χ3v) is 3.63. The molecule has 0 atom stereocenters. The lowest BCUT2D eigenvalue weighted by Crippen LogP contribution is -2.19. The molecule has 1 heterocycles. The number of thiophene rings is 1. The van der Waals surface area contributed by atoms with E-state index in [0.717, 1.165) is 9.35 Å². The average Bonchev–Trinajstić information content (AvgIpc) is 2.92. The van der Waals surface area contributed by atoms with E-state index in [-0.39, 0.29) is 18.3 Å². The molecule has 1 aromatic carbocycles. The molecule has 104 valence electrons. The molecular formula is C13H12BrN3O2S. The molecule has 0 spiro atoms. The number of rotatable bonds is 5. The molecule has 2 aromatic rings. The summed E-state index contributed by atoms with van der Waals surface area (Å²) in [4.78, 5) is 17.4. The number of hydrogen-bond donors (Lipinski definition) is 2. The Labute approximate surface area is 128 Å². The van der Waals surface area contributed by atoms with Crippen LogP contribution in [0.1, 0.15) is 4.88 Å². The van der Waals surface area contributed by atoms with Crippen LogP contribution in [0.5, 0.6) is 0 Å². The Morgan fingerprint density at radius 3 is 2.95 bits per heavy atom. The van der Waals surface area contributed by atoms with Gasteiger partial charge in [0.05, 0.1) is 4.88 Å². The molecule has 7 heteroatoms. The van der Waals surface area contributed by atoms with Crippen molar-refractivity contribution in [1.29, 1.82) is 0 Å². The Morgan fingerprint density at radius 2 is 2.25 bits per heavy atom. The van der Waals surface area contributed by atoms with E-state index in [1.165, 1.54) is 11.3 Å². The summed E-state index contributed by atoms with van der Waals surface area (Å²) >= 11 is 4.78. The molecule has 0 aliphatic carbocycles. The monoisotopic (exact) mass is 353 g/mol. The molecule has 5 nitrogen and oxygen atoms in total. The summed E-state index contributed by atoms with van der Waals surface area (Å²) in [5, 5.41) is 8.28. The maximum absolute atomic E-state index is 11.6. The Hall–Kier alpha value is -1.86. The maximum Gasteiger partial charge on any atom is 0.265 e. The van der Waals surface area contributed by atoms with Gasteiger partial charge in [-0.1, -0.05) is 33.2 Å². The highest BCUT2D eigenvalue weighted by Gasteiger charge is 2.04. The van der Waals surface area contributed by atoms with Crippen molar-refractivity contribution in [1.82, 2.24) is 0 Å². The second kappa shape index (κ2) is 7.06. The van der Waals surface area contributed by atoms with E-state index in [9.17, 15) is 4.79 Å². The van der Waals surface area contributed by atoms with Crippen molar-refractivity contribution in [2.45, 2.75) is 0 Å². The van der Waals surface area contributed by atoms with Crippen molar-refractivity contribution in [3.63, 3.8) is 0 Å². The molecule has 0 saturated carbocycles. The Kier molecular flexibility index (Phi) is 5.14. The minimum atomic E-state index is -0.300. The van der Waals surface area contributed by atoms with Crippen molar-refractivity contribution in [3.8, 4) is 0 Å². The lowest BCUT2D eigenvalue weighted by molar-refractivity contribution is -0.120. The third kappa shape index (κ3) is 4.36. The number of anilines is 1. The number of amides is 1. The number of amidine groups is 1. The van der Waals surface area contributed by atoms with Crippen LogP contribution in [-0.2, 0) is 9.63 Å². The summed E-state index contributed by atoms with van der Waals surface area (Å²) in [7, 11) is 0. The van der Waals surface area contributed by atoms with E-state index in [1.54, 1.807) is 12.1 Å². The summed E-state index contributed by atoms with van der Waals surface area (Å²) in [6.07, 6.45) is 0. The highest BCUT2D eigenvalue weighted by molar-refractivity contribution is 9.10. The number of hydrogen-bond acceptors (Lipinski definition) is 4. The molecule has 3 N–H and O–H groups in total. The van der Waals surface area contributed by atoms with Crippen LogP contribution in [0.25, 0.3) is 0 Å². The predicted molar refractivity (Wildman–Crippen MR) is 83.8 cm³/mol. The highest BCUT2D eigenvalue weighted by Crippen LogP contribution is 2.15. The van der Waals surface area contributed by atoms with Gasteiger partial charge in [0.15, 0.2) is 12.4 Å². The second-order valence-electron chi connectivity index (χ2n) is 3.79. The summed E-state index contributed by atoms with van der Waals surface area (Å²) in [6.45, 7) is -0.196. The molecule has 0 aliphatic rings. The van der Waals surface area contributed by atoms with Gasteiger partial charge < -0.3 is 15.9 Å². The largest absolute Gasteiger partial charge is 0.384 e. The fraction of sp³-hybridized carbons (Fsp3) is 0.0769. The number of carbonyl (C=O) groups is 1. The first kappa shape index (κ1) is 14.5. The fourth-order valence-electron chi connectivity index (χ4n) is 1.39. The molecule has 0 bridgehead atoms. The quantitative estimate of drug-likeness (QED) is 0.492. The lowest BCUT2D eigenvalue weighted by atomic mass is 10.3. The normalized spacial score (nSPS) is 11.2. The van der Waals surface area contributed by atoms with Gasteiger partial charge in [-0.25, -0.2) is 0 Å². The van der Waals surface area contributed by atoms with Crippen LogP contribution in [0.2, 0.25) is 0 Å². The van der Waals surface area contributed by atoms with Crippen LogP contribution < -0.4 is 11.1 Å². The zero-order chi connectivity index (χ0) is 14.4. The standard InChI is InChI=1S/C13H12BrN3O2S/c14-9-3-1-4-10(7-9)16-12(18)8-19-17-13(15)11-5-2-6-20-11/h1-7H,8H2,(H2,15,17)(H,16,18). The molecule has 0 saturated heterocycles. The fourth-order valence-corrected chi connectivity index (χ4v) is 2.41. The van der Waals surface area contributed by atoms with Crippen molar-refractivity contribution >= 4 is 44.7 Å². The van der Waals surface area contributed by atoms with Gasteiger partial charge >= 0.3 is 0 Å². The number of nitrogens with two attached hydrogens (primary N) is 1. The van der Waals surface area contributed by atoms with Gasteiger partial charge in [0, 0.05) is 10.2 Å². The molecule has 0 unspecified atom stereocenters. The topological polar surface area (TPSA) is 76.7 Å². The number of oxime groups is 1. The first-order chi connectivity index (χ1) is 9.65. The maximum atomic E-state index is 11.6. The number of benzene rings is 1. The van der Waals surface area contributed by atoms with Crippen LogP contribution in [0.4, 0.5) is 5.69 Å². The van der Waals surface area contributed by atoms with Gasteiger partial charge in [-0.15, -0.1) is 11.3 Å². The van der Waals surface area contributed by atoms with Gasteiger partial charge in [-0.05, 0) is 29.6 Å². The van der Waals surface area contributed by atoms with Crippen LogP contribution in [0.3, 0.4) is 0 Å². The molecule has 1 aromatic heterocycles. The SMILES string of the molecule is N/C(=N\OCC(=O)Nc1cccc(Br)c1)c1cccs1. The van der Waals surface area contributed by atoms with Crippen LogP contribution >= 0.6 is 27.3 Å². The number of nitrogens with one attached hydrogen (secondary N) is 1. The van der Waals surface area contributed by atoms with Crippen LogP contribution in [-0.4, -0.2) is 18.3 Å². The van der Waals surface area contributed by atoms with E-state index >= 15 is 0 Å². The third-order valence-electron chi connectivity index (χ3n) is 2.24. The summed E-state index contributed by atoms with van der Waals surface area (Å²) in [5.41, 5.74) is 6.38. The molecule has 20 heavy (non-hydrogen) atoms. The van der Waals surface area contributed by atoms with Crippen LogP contribution in [0, 0.1) is 0 Å². The van der Waals surface area contributed by atoms with Crippen LogP contribution in [0.15, 0.2) is 51.4 Å². The van der Waals surface area contributed by atoms with E-state index in [2.05, 4.69) is 26.4 Å². The Bertz CT molecular complexity index is 614. The first-order valence-electron chi connectivity index (χ1n) is 5.70. The van der Waals surface area contributed by atoms with Crippen molar-refractivity contribution in [2.75, 3.05) is 11.9 Å². The van der Waals surface area contributed by atoms with Crippen molar-refractivity contribution in [2.24, 2.45) is 10.9 Å². The second-order valence-corrected chi connectivity index (χ2v) is 5.65. The number of nitrogens with zero attached hydrogens (tertiary/aromatic N) is 1. The first-order valence-corrected chi connectivity index (χ1v) is 7.37. The zero-order valence-corrected chi connectivity index (χ0v) is 12.8. The lowest BCUT2D eigenvalue weighted by Gasteiger charge is -2.04. The Balaban J connectivity index is 1.82. The molecular weight excluding hydrogens is 342 g/mol. The highest BCUT2D eigenvalue weighted by atomic mass is 79.9. The van der Waals surface area contributed by atoms with Gasteiger partial charge in [-0.3, -0.25) is 4.79 Å². The molecule has 0 fully saturated rings. The van der Waals surface area contributed by atoms with Gasteiger partial charge in [0.1, 0.15) is 0 Å². The summed E-state index contributed by atoms with van der Waals surface area (Å²) in [6, 6.07) is 11.0. The molecule has 2 rings (SSSR count). The average molecular weight is 354 g/mol. The number of carbonyl (C=O) groups excluding carboxylic acids is 1. The van der Waals surface area contributed by atoms with E-state index < -0.39 is 0 Å². The minimum Gasteiger partial charge on any atom is -0.384 e. The summed E-state index contributed by atoms with van der Waals surface area (Å²) in [5.74, 6) is -0.0407. The smallest absolute Gasteiger partial charge is 0.265 e. The van der Waals surface area contributed by atoms with Crippen molar-refractivity contribution in [3.05, 3.63) is 51.1 Å². The van der Waals surface area contributed by atoms with E-state index in [4.69, 9.17) is 10.6 Å². The zero-order valence-electron chi connectivity index (χ0n) is 10.4. The Morgan fingerprint density at radius 1 is 1.40 bits per heavy atom. The molecule has 0 radical (unpaired) electrons. The molecule has 1 amide bonds. The van der Waals surface area contributed by atoms with E-state index in [0.29, 0.717) is 5.69 Å². The van der Waals surface area contributed by atoms with Gasteiger partial charge in [0.25, 0.3) is 5.91 Å². The minimum absolute atomic E-state index is 0.196. The molecule has 0 aliphatic heterocycles. The number of halogens is 1. The van der Waals surface area contributed by atoms with E-state index in [1.807, 2.05) is 29.6 Å². The predicted octanol–water partition coefficient (Wildman–Crippen LogP) is 2.79.